The van der Waals surface area contributed by atoms with Crippen LogP contribution in [0.4, 0.5) is 4.79 Å². The summed E-state index contributed by atoms with van der Waals surface area (Å²) in [6.45, 7) is 8.10. The summed E-state index contributed by atoms with van der Waals surface area (Å²) in [7, 11) is 0. The Labute approximate surface area is 142 Å². The van der Waals surface area contributed by atoms with Crippen molar-refractivity contribution in [2.45, 2.75) is 109 Å². The maximum absolute atomic E-state index is 12.2. The minimum Gasteiger partial charge on any atom is -0.444 e. The fourth-order valence-electron chi connectivity index (χ4n) is 4.03. The number of ether oxygens (including phenoxy) is 1. The van der Waals surface area contributed by atoms with Crippen molar-refractivity contribution in [3.05, 3.63) is 0 Å². The summed E-state index contributed by atoms with van der Waals surface area (Å²) < 4.78 is 5.46. The number of amides is 1. The van der Waals surface area contributed by atoms with Crippen LogP contribution in [0.25, 0.3) is 0 Å². The van der Waals surface area contributed by atoms with Gasteiger partial charge in [0.15, 0.2) is 0 Å². The van der Waals surface area contributed by atoms with Gasteiger partial charge >= 0.3 is 6.09 Å². The third kappa shape index (κ3) is 6.70. The molecule has 134 valence electrons. The number of carbonyl (C=O) groups excluding carboxylic acids is 1. The second kappa shape index (κ2) is 8.36. The van der Waals surface area contributed by atoms with E-state index in [4.69, 9.17) is 4.74 Å². The lowest BCUT2D eigenvalue weighted by atomic mass is 9.86. The van der Waals surface area contributed by atoms with Gasteiger partial charge in [-0.25, -0.2) is 4.79 Å². The van der Waals surface area contributed by atoms with Crippen LogP contribution in [-0.2, 0) is 4.74 Å². The molecule has 0 heterocycles. The lowest BCUT2D eigenvalue weighted by molar-refractivity contribution is 0.0486. The summed E-state index contributed by atoms with van der Waals surface area (Å²) >= 11 is 0. The number of hydrogen-bond acceptors (Lipinski definition) is 3. The van der Waals surface area contributed by atoms with E-state index in [1.54, 1.807) is 0 Å². The van der Waals surface area contributed by atoms with E-state index in [-0.39, 0.29) is 12.1 Å². The van der Waals surface area contributed by atoms with Crippen LogP contribution >= 0.6 is 0 Å². The summed E-state index contributed by atoms with van der Waals surface area (Å²) in [5.74, 6) is 0.823. The number of alkyl carbamates (subject to hydrolysis) is 1. The monoisotopic (exact) mass is 324 g/mol. The molecule has 2 rings (SSSR count). The van der Waals surface area contributed by atoms with E-state index in [0.29, 0.717) is 12.1 Å². The largest absolute Gasteiger partial charge is 0.444 e. The summed E-state index contributed by atoms with van der Waals surface area (Å²) in [4.78, 5) is 12.2. The van der Waals surface area contributed by atoms with Crippen LogP contribution in [0.2, 0.25) is 0 Å². The molecule has 2 saturated carbocycles. The SMILES string of the molecule is CC1CCCC(NC2CCCCCC2NC(=O)OC(C)(C)C)C1. The molecule has 2 aliphatic rings. The van der Waals surface area contributed by atoms with Gasteiger partial charge in [-0.3, -0.25) is 0 Å². The average Bonchev–Trinajstić information content (AvgIpc) is 2.62. The first-order valence-electron chi connectivity index (χ1n) is 9.59. The molecule has 0 bridgehead atoms. The van der Waals surface area contributed by atoms with Crippen LogP contribution in [0.5, 0.6) is 0 Å². The number of hydrogen-bond donors (Lipinski definition) is 2. The molecule has 4 nitrogen and oxygen atoms in total. The molecule has 0 aromatic carbocycles. The van der Waals surface area contributed by atoms with Gasteiger partial charge in [0.05, 0.1) is 0 Å². The molecule has 23 heavy (non-hydrogen) atoms. The average molecular weight is 325 g/mol. The summed E-state index contributed by atoms with van der Waals surface area (Å²) in [6, 6.07) is 1.20. The molecule has 4 heteroatoms. The Morgan fingerprint density at radius 1 is 0.957 bits per heavy atom. The van der Waals surface area contributed by atoms with E-state index in [0.717, 1.165) is 18.8 Å². The van der Waals surface area contributed by atoms with E-state index < -0.39 is 5.60 Å². The van der Waals surface area contributed by atoms with Crippen molar-refractivity contribution in [3.8, 4) is 0 Å². The standard InChI is InChI=1S/C19H36N2O2/c1-14-9-8-10-15(13-14)20-16-11-6-5-7-12-17(16)21-18(22)23-19(2,3)4/h14-17,20H,5-13H2,1-4H3,(H,21,22). The van der Waals surface area contributed by atoms with E-state index >= 15 is 0 Å². The predicted octanol–water partition coefficient (Wildman–Crippen LogP) is 4.38. The van der Waals surface area contributed by atoms with Gasteiger partial charge in [0.1, 0.15) is 5.60 Å². The van der Waals surface area contributed by atoms with Gasteiger partial charge < -0.3 is 15.4 Å². The second-order valence-corrected chi connectivity index (χ2v) is 8.63. The lowest BCUT2D eigenvalue weighted by Crippen LogP contribution is -2.53. The molecule has 0 radical (unpaired) electrons. The molecule has 0 aliphatic heterocycles. The van der Waals surface area contributed by atoms with Gasteiger partial charge in [-0.1, -0.05) is 39.0 Å². The quantitative estimate of drug-likeness (QED) is 0.757. The van der Waals surface area contributed by atoms with Gasteiger partial charge in [-0.2, -0.15) is 0 Å². The van der Waals surface area contributed by atoms with Crippen molar-refractivity contribution in [3.63, 3.8) is 0 Å². The highest BCUT2D eigenvalue weighted by Crippen LogP contribution is 2.26. The first kappa shape index (κ1) is 18.6. The Morgan fingerprint density at radius 3 is 2.30 bits per heavy atom. The first-order chi connectivity index (χ1) is 10.8. The van der Waals surface area contributed by atoms with Crippen molar-refractivity contribution < 1.29 is 9.53 Å². The van der Waals surface area contributed by atoms with Crippen LogP contribution in [-0.4, -0.2) is 29.8 Å². The minimum absolute atomic E-state index is 0.199. The molecule has 4 atom stereocenters. The molecule has 0 aromatic rings. The Bertz CT molecular complexity index is 378. The predicted molar refractivity (Wildman–Crippen MR) is 94.6 cm³/mol. The molecule has 4 unspecified atom stereocenters. The Balaban J connectivity index is 1.92. The van der Waals surface area contributed by atoms with Crippen LogP contribution in [0.3, 0.4) is 0 Å². The molecular weight excluding hydrogens is 288 g/mol. The van der Waals surface area contributed by atoms with Gasteiger partial charge in [-0.15, -0.1) is 0 Å². The van der Waals surface area contributed by atoms with E-state index in [1.807, 2.05) is 20.8 Å². The smallest absolute Gasteiger partial charge is 0.407 e. The molecule has 2 fully saturated rings. The van der Waals surface area contributed by atoms with Crippen molar-refractivity contribution in [1.82, 2.24) is 10.6 Å². The Hall–Kier alpha value is -0.770. The fourth-order valence-corrected chi connectivity index (χ4v) is 4.03. The van der Waals surface area contributed by atoms with Gasteiger partial charge in [-0.05, 0) is 52.4 Å². The van der Waals surface area contributed by atoms with E-state index in [1.165, 1.54) is 44.9 Å². The summed E-state index contributed by atoms with van der Waals surface area (Å²) in [5.41, 5.74) is -0.434. The highest BCUT2D eigenvalue weighted by molar-refractivity contribution is 5.68. The van der Waals surface area contributed by atoms with Gasteiger partial charge in [0, 0.05) is 18.1 Å². The van der Waals surface area contributed by atoms with E-state index in [2.05, 4.69) is 17.6 Å². The Kier molecular flexibility index (Phi) is 6.75. The third-order valence-electron chi connectivity index (χ3n) is 5.10. The van der Waals surface area contributed by atoms with Crippen molar-refractivity contribution in [2.24, 2.45) is 5.92 Å². The third-order valence-corrected chi connectivity index (χ3v) is 5.10. The highest BCUT2D eigenvalue weighted by atomic mass is 16.6. The first-order valence-corrected chi connectivity index (χ1v) is 9.59. The van der Waals surface area contributed by atoms with E-state index in [9.17, 15) is 4.79 Å². The number of nitrogens with one attached hydrogen (secondary N) is 2. The lowest BCUT2D eigenvalue weighted by Gasteiger charge is -2.35. The number of carbonyl (C=O) groups is 1. The van der Waals surface area contributed by atoms with Crippen LogP contribution in [0.1, 0.15) is 85.5 Å². The molecule has 0 saturated heterocycles. The minimum atomic E-state index is -0.434. The fraction of sp³-hybridized carbons (Fsp3) is 0.947. The topological polar surface area (TPSA) is 50.4 Å². The van der Waals surface area contributed by atoms with Crippen LogP contribution in [0.15, 0.2) is 0 Å². The maximum Gasteiger partial charge on any atom is 0.407 e. The van der Waals surface area contributed by atoms with Crippen molar-refractivity contribution in [1.29, 1.82) is 0 Å². The molecule has 1 amide bonds. The van der Waals surface area contributed by atoms with Gasteiger partial charge in [0.2, 0.25) is 0 Å². The summed E-state index contributed by atoms with van der Waals surface area (Å²) in [5, 5.41) is 7.02. The second-order valence-electron chi connectivity index (χ2n) is 8.63. The normalized spacial score (nSPS) is 32.9. The number of rotatable bonds is 3. The zero-order chi connectivity index (χ0) is 16.9. The van der Waals surface area contributed by atoms with Crippen molar-refractivity contribution >= 4 is 6.09 Å². The Morgan fingerprint density at radius 2 is 1.65 bits per heavy atom. The molecule has 2 N–H and O–H groups in total. The van der Waals surface area contributed by atoms with Gasteiger partial charge in [0.25, 0.3) is 0 Å². The highest BCUT2D eigenvalue weighted by Gasteiger charge is 2.30. The van der Waals surface area contributed by atoms with Crippen molar-refractivity contribution in [2.75, 3.05) is 0 Å². The maximum atomic E-state index is 12.2. The zero-order valence-corrected chi connectivity index (χ0v) is 15.5. The summed E-state index contributed by atoms with van der Waals surface area (Å²) in [6.07, 6.45) is 10.9. The molecule has 2 aliphatic carbocycles. The molecular formula is C19H36N2O2. The van der Waals surface area contributed by atoms with Crippen LogP contribution < -0.4 is 10.6 Å². The van der Waals surface area contributed by atoms with Crippen LogP contribution in [0, 0.1) is 5.92 Å². The molecule has 0 spiro atoms. The zero-order valence-electron chi connectivity index (χ0n) is 15.5. The molecule has 0 aromatic heterocycles.